The highest BCUT2D eigenvalue weighted by molar-refractivity contribution is 7.09. The van der Waals surface area contributed by atoms with E-state index in [0.29, 0.717) is 23.9 Å². The van der Waals surface area contributed by atoms with Crippen LogP contribution >= 0.6 is 11.3 Å². The molecule has 3 heterocycles. The summed E-state index contributed by atoms with van der Waals surface area (Å²) in [5.41, 5.74) is 7.80. The van der Waals surface area contributed by atoms with E-state index in [1.165, 1.54) is 6.33 Å². The third-order valence-corrected chi connectivity index (χ3v) is 4.77. The summed E-state index contributed by atoms with van der Waals surface area (Å²) >= 11 is 1.71. The molecular weight excluding hydrogens is 322 g/mol. The Balaban J connectivity index is 1.65. The molecule has 0 aliphatic carbocycles. The van der Waals surface area contributed by atoms with Gasteiger partial charge in [-0.2, -0.15) is 5.10 Å². The maximum atomic E-state index is 6.15. The topological polar surface area (TPSA) is 94.5 Å². The van der Waals surface area contributed by atoms with Gasteiger partial charge in [-0.05, 0) is 6.07 Å². The van der Waals surface area contributed by atoms with Crippen LogP contribution in [-0.4, -0.2) is 31.3 Å². The van der Waals surface area contributed by atoms with Gasteiger partial charge in [0.25, 0.3) is 0 Å². The minimum atomic E-state index is 0.0894. The van der Waals surface area contributed by atoms with Crippen molar-refractivity contribution in [2.75, 3.05) is 17.6 Å². The Morgan fingerprint density at radius 3 is 2.79 bits per heavy atom. The van der Waals surface area contributed by atoms with E-state index in [2.05, 4.69) is 46.5 Å². The highest BCUT2D eigenvalue weighted by Crippen LogP contribution is 2.26. The van der Waals surface area contributed by atoms with Gasteiger partial charge in [0.05, 0.1) is 10.7 Å². The maximum Gasteiger partial charge on any atom is 0.181 e. The number of nitrogens with two attached hydrogens (primary N) is 1. The molecule has 24 heavy (non-hydrogen) atoms. The van der Waals surface area contributed by atoms with Crippen LogP contribution in [0.4, 0.5) is 11.5 Å². The molecule has 126 valence electrons. The van der Waals surface area contributed by atoms with E-state index in [-0.39, 0.29) is 5.41 Å². The highest BCUT2D eigenvalue weighted by Gasteiger charge is 2.18. The van der Waals surface area contributed by atoms with Crippen LogP contribution in [0.3, 0.4) is 0 Å². The van der Waals surface area contributed by atoms with E-state index in [0.717, 1.165) is 17.1 Å². The zero-order chi connectivity index (χ0) is 17.2. The summed E-state index contributed by atoms with van der Waals surface area (Å²) in [6.45, 7) is 7.22. The zero-order valence-corrected chi connectivity index (χ0v) is 14.8. The second-order valence-electron chi connectivity index (χ2n) is 6.48. The van der Waals surface area contributed by atoms with Gasteiger partial charge in [0.1, 0.15) is 12.0 Å². The molecule has 0 aliphatic heterocycles. The van der Waals surface area contributed by atoms with E-state index in [4.69, 9.17) is 10.7 Å². The van der Waals surface area contributed by atoms with Crippen LogP contribution in [0, 0.1) is 0 Å². The number of hydrogen-bond acceptors (Lipinski definition) is 7. The Kier molecular flexibility index (Phi) is 4.48. The lowest BCUT2D eigenvalue weighted by molar-refractivity contribution is 0.583. The first kappa shape index (κ1) is 16.4. The first-order valence-corrected chi connectivity index (χ1v) is 8.62. The van der Waals surface area contributed by atoms with Gasteiger partial charge in [0, 0.05) is 36.2 Å². The van der Waals surface area contributed by atoms with Crippen LogP contribution in [0.2, 0.25) is 0 Å². The second kappa shape index (κ2) is 6.56. The van der Waals surface area contributed by atoms with Crippen LogP contribution in [0.25, 0.3) is 5.82 Å². The smallest absolute Gasteiger partial charge is 0.181 e. The van der Waals surface area contributed by atoms with E-state index in [9.17, 15) is 0 Å². The van der Waals surface area contributed by atoms with Crippen molar-refractivity contribution in [2.45, 2.75) is 32.6 Å². The fourth-order valence-corrected chi connectivity index (χ4v) is 3.12. The predicted molar refractivity (Wildman–Crippen MR) is 96.6 cm³/mol. The molecule has 0 saturated heterocycles. The molecule has 0 radical (unpaired) electrons. The van der Waals surface area contributed by atoms with Crippen LogP contribution in [-0.2, 0) is 11.8 Å². The highest BCUT2D eigenvalue weighted by atomic mass is 32.1. The van der Waals surface area contributed by atoms with Gasteiger partial charge in [0.15, 0.2) is 11.6 Å². The van der Waals surface area contributed by atoms with Crippen molar-refractivity contribution in [3.63, 3.8) is 0 Å². The Bertz CT molecular complexity index is 802. The van der Waals surface area contributed by atoms with Crippen LogP contribution in [0.15, 0.2) is 30.2 Å². The molecule has 0 aliphatic rings. The number of nitrogens with one attached hydrogen (secondary N) is 1. The maximum absolute atomic E-state index is 6.15. The average molecular weight is 343 g/mol. The molecule has 0 unspecified atom stereocenters. The van der Waals surface area contributed by atoms with Crippen molar-refractivity contribution in [1.29, 1.82) is 0 Å². The summed E-state index contributed by atoms with van der Waals surface area (Å²) in [5, 5.41) is 10.7. The molecule has 3 aromatic heterocycles. The van der Waals surface area contributed by atoms with Crippen molar-refractivity contribution < 1.29 is 0 Å². The van der Waals surface area contributed by atoms with Gasteiger partial charge in [0.2, 0.25) is 0 Å². The molecule has 0 aromatic carbocycles. The van der Waals surface area contributed by atoms with Crippen LogP contribution < -0.4 is 11.1 Å². The Hall–Kier alpha value is -2.48. The Labute approximate surface area is 145 Å². The number of aromatic nitrogens is 5. The van der Waals surface area contributed by atoms with E-state index in [1.54, 1.807) is 28.4 Å². The molecule has 3 N–H and O–H groups in total. The zero-order valence-electron chi connectivity index (χ0n) is 14.0. The van der Waals surface area contributed by atoms with Gasteiger partial charge < -0.3 is 11.1 Å². The number of anilines is 2. The molecule has 7 nitrogen and oxygen atoms in total. The van der Waals surface area contributed by atoms with Gasteiger partial charge in [-0.3, -0.25) is 0 Å². The first-order valence-electron chi connectivity index (χ1n) is 7.74. The van der Waals surface area contributed by atoms with E-state index in [1.807, 2.05) is 6.07 Å². The minimum absolute atomic E-state index is 0.0894. The van der Waals surface area contributed by atoms with E-state index >= 15 is 0 Å². The molecule has 0 saturated carbocycles. The summed E-state index contributed by atoms with van der Waals surface area (Å²) in [5.74, 6) is 1.18. The largest absolute Gasteiger partial charge is 0.393 e. The minimum Gasteiger partial charge on any atom is -0.393 e. The summed E-state index contributed by atoms with van der Waals surface area (Å²) < 4.78 is 1.62. The standard InChI is InChI=1S/C16H21N7S/c1-16(2,3)15-22-11(9-24-15)5-7-18-13-12(17)14(20-10-19-13)23-8-4-6-21-23/h4,6,8-10H,5,7,17H2,1-3H3,(H,18,19,20). The third kappa shape index (κ3) is 3.53. The average Bonchev–Trinajstić information content (AvgIpc) is 3.19. The number of nitrogen functional groups attached to an aromatic ring is 1. The van der Waals surface area contributed by atoms with Crippen molar-refractivity contribution in [1.82, 2.24) is 24.7 Å². The summed E-state index contributed by atoms with van der Waals surface area (Å²) in [6.07, 6.45) is 5.78. The van der Waals surface area contributed by atoms with Crippen LogP contribution in [0.1, 0.15) is 31.5 Å². The molecule has 0 bridgehead atoms. The monoisotopic (exact) mass is 343 g/mol. The molecule has 0 atom stereocenters. The summed E-state index contributed by atoms with van der Waals surface area (Å²) in [6, 6.07) is 1.82. The van der Waals surface area contributed by atoms with Gasteiger partial charge in [-0.15, -0.1) is 11.3 Å². The second-order valence-corrected chi connectivity index (χ2v) is 7.34. The van der Waals surface area contributed by atoms with Crippen molar-refractivity contribution in [2.24, 2.45) is 0 Å². The lowest BCUT2D eigenvalue weighted by Crippen LogP contribution is -2.13. The molecule has 3 rings (SSSR count). The Morgan fingerprint density at radius 1 is 1.29 bits per heavy atom. The molecule has 0 spiro atoms. The van der Waals surface area contributed by atoms with Gasteiger partial charge in [-0.25, -0.2) is 19.6 Å². The summed E-state index contributed by atoms with van der Waals surface area (Å²) in [7, 11) is 0. The number of rotatable bonds is 5. The van der Waals surface area contributed by atoms with Crippen LogP contribution in [0.5, 0.6) is 0 Å². The van der Waals surface area contributed by atoms with Crippen molar-refractivity contribution >= 4 is 22.8 Å². The lowest BCUT2D eigenvalue weighted by atomic mass is 9.98. The fourth-order valence-electron chi connectivity index (χ4n) is 2.18. The molecular formula is C16H21N7S. The summed E-state index contributed by atoms with van der Waals surface area (Å²) in [4.78, 5) is 13.1. The van der Waals surface area contributed by atoms with Crippen molar-refractivity contribution in [3.8, 4) is 5.82 Å². The van der Waals surface area contributed by atoms with Crippen molar-refractivity contribution in [3.05, 3.63) is 40.9 Å². The fraction of sp³-hybridized carbons (Fsp3) is 0.375. The molecule has 0 amide bonds. The normalized spacial score (nSPS) is 11.6. The predicted octanol–water partition coefficient (Wildman–Crippen LogP) is 2.65. The number of hydrogen-bond donors (Lipinski definition) is 2. The molecule has 8 heteroatoms. The first-order chi connectivity index (χ1) is 11.4. The van der Waals surface area contributed by atoms with Gasteiger partial charge in [-0.1, -0.05) is 20.8 Å². The SMILES string of the molecule is CC(C)(C)c1nc(CCNc2ncnc(-n3cccn3)c2N)cs1. The quantitative estimate of drug-likeness (QED) is 0.739. The number of thiazole rings is 1. The Morgan fingerprint density at radius 2 is 2.12 bits per heavy atom. The van der Waals surface area contributed by atoms with Gasteiger partial charge >= 0.3 is 0 Å². The molecule has 3 aromatic rings. The van der Waals surface area contributed by atoms with E-state index < -0.39 is 0 Å². The number of nitrogens with zero attached hydrogens (tertiary/aromatic N) is 5. The lowest BCUT2D eigenvalue weighted by Gasteiger charge is -2.13. The molecule has 0 fully saturated rings. The third-order valence-electron chi connectivity index (χ3n) is 3.45.